The minimum absolute atomic E-state index is 0.00627. The fourth-order valence-corrected chi connectivity index (χ4v) is 1.82. The van der Waals surface area contributed by atoms with Crippen molar-refractivity contribution in [1.29, 1.82) is 0 Å². The number of fused-ring (bicyclic) bond motifs is 1. The average molecular weight is 283 g/mol. The van der Waals surface area contributed by atoms with E-state index >= 15 is 0 Å². The van der Waals surface area contributed by atoms with Crippen LogP contribution in [-0.2, 0) is 6.18 Å². The molecule has 0 radical (unpaired) electrons. The minimum Gasteiger partial charge on any atom is -0.296 e. The zero-order valence-electron chi connectivity index (χ0n) is 7.92. The molecule has 0 aliphatic heterocycles. The molecule has 0 spiro atoms. The van der Waals surface area contributed by atoms with Gasteiger partial charge in [0.15, 0.2) is 17.1 Å². The molecule has 0 fully saturated rings. The van der Waals surface area contributed by atoms with Gasteiger partial charge >= 0.3 is 6.18 Å². The molecule has 3 nitrogen and oxygen atoms in total. The monoisotopic (exact) mass is 282 g/mol. The molecular weight excluding hydrogens is 280 g/mol. The Morgan fingerprint density at radius 2 is 2.00 bits per heavy atom. The standard InChI is InChI=1S/C9H3Cl2F3N2O/c10-5-1-4(9(12,13)14)2-16-6(3-17)7(11)15-8(5)16/h1-3H. The van der Waals surface area contributed by atoms with Crippen LogP contribution in [0.1, 0.15) is 16.1 Å². The molecule has 2 aromatic heterocycles. The predicted octanol–water partition coefficient (Wildman–Crippen LogP) is 3.47. The topological polar surface area (TPSA) is 34.4 Å². The lowest BCUT2D eigenvalue weighted by Crippen LogP contribution is -2.07. The van der Waals surface area contributed by atoms with E-state index in [1.165, 1.54) is 0 Å². The summed E-state index contributed by atoms with van der Waals surface area (Å²) in [6.07, 6.45) is -3.52. The van der Waals surface area contributed by atoms with Gasteiger partial charge in [-0.1, -0.05) is 23.2 Å². The highest BCUT2D eigenvalue weighted by Gasteiger charge is 2.32. The fourth-order valence-electron chi connectivity index (χ4n) is 1.35. The third-order valence-electron chi connectivity index (χ3n) is 2.11. The first-order valence-corrected chi connectivity index (χ1v) is 4.99. The fraction of sp³-hybridized carbons (Fsp3) is 0.111. The Morgan fingerprint density at radius 1 is 1.35 bits per heavy atom. The highest BCUT2D eigenvalue weighted by molar-refractivity contribution is 6.35. The first-order valence-electron chi connectivity index (χ1n) is 4.24. The van der Waals surface area contributed by atoms with Crippen LogP contribution in [0, 0.1) is 0 Å². The molecule has 2 heterocycles. The Labute approximate surface area is 103 Å². The van der Waals surface area contributed by atoms with Crippen molar-refractivity contribution in [2.24, 2.45) is 0 Å². The number of hydrogen-bond acceptors (Lipinski definition) is 2. The van der Waals surface area contributed by atoms with Crippen LogP contribution in [0.2, 0.25) is 10.2 Å². The van der Waals surface area contributed by atoms with Crippen molar-refractivity contribution in [2.75, 3.05) is 0 Å². The smallest absolute Gasteiger partial charge is 0.296 e. The summed E-state index contributed by atoms with van der Waals surface area (Å²) < 4.78 is 38.5. The van der Waals surface area contributed by atoms with Crippen LogP contribution in [0.5, 0.6) is 0 Å². The summed E-state index contributed by atoms with van der Waals surface area (Å²) in [4.78, 5) is 14.4. The number of aromatic nitrogens is 2. The molecule has 8 heteroatoms. The maximum atomic E-state index is 12.5. The van der Waals surface area contributed by atoms with Crippen molar-refractivity contribution in [1.82, 2.24) is 9.38 Å². The second-order valence-electron chi connectivity index (χ2n) is 3.17. The van der Waals surface area contributed by atoms with Crippen molar-refractivity contribution < 1.29 is 18.0 Å². The second-order valence-corrected chi connectivity index (χ2v) is 3.94. The number of hydrogen-bond donors (Lipinski definition) is 0. The maximum Gasteiger partial charge on any atom is 0.417 e. The van der Waals surface area contributed by atoms with Crippen molar-refractivity contribution in [3.63, 3.8) is 0 Å². The number of carbonyl (C=O) groups is 1. The molecule has 0 aliphatic rings. The van der Waals surface area contributed by atoms with Crippen molar-refractivity contribution in [3.05, 3.63) is 33.7 Å². The predicted molar refractivity (Wildman–Crippen MR) is 55.6 cm³/mol. The maximum absolute atomic E-state index is 12.5. The molecule has 0 saturated carbocycles. The largest absolute Gasteiger partial charge is 0.417 e. The van der Waals surface area contributed by atoms with E-state index in [1.54, 1.807) is 0 Å². The lowest BCUT2D eigenvalue weighted by atomic mass is 10.3. The molecule has 0 atom stereocenters. The molecule has 0 aliphatic carbocycles. The number of aldehydes is 1. The summed E-state index contributed by atoms with van der Waals surface area (Å²) in [5, 5.41) is -0.420. The van der Waals surface area contributed by atoms with Crippen molar-refractivity contribution >= 4 is 35.1 Å². The molecule has 0 unspecified atom stereocenters. The van der Waals surface area contributed by atoms with Crippen molar-refractivity contribution in [3.8, 4) is 0 Å². The zero-order valence-corrected chi connectivity index (χ0v) is 9.44. The number of halogens is 5. The van der Waals surface area contributed by atoms with Crippen LogP contribution in [0.4, 0.5) is 13.2 Å². The SMILES string of the molecule is O=Cc1c(Cl)nc2c(Cl)cc(C(F)(F)F)cn12. The van der Waals surface area contributed by atoms with Crippen LogP contribution in [0.3, 0.4) is 0 Å². The van der Waals surface area contributed by atoms with E-state index < -0.39 is 11.7 Å². The number of pyridine rings is 1. The highest BCUT2D eigenvalue weighted by Crippen LogP contribution is 2.33. The molecule has 2 aromatic rings. The number of imidazole rings is 1. The minimum atomic E-state index is -4.56. The normalized spacial score (nSPS) is 12.1. The number of nitrogens with zero attached hydrogens (tertiary/aromatic N) is 2. The Morgan fingerprint density at radius 3 is 2.53 bits per heavy atom. The van der Waals surface area contributed by atoms with E-state index in [0.717, 1.165) is 16.7 Å². The number of carbonyl (C=O) groups excluding carboxylic acids is 1. The molecule has 0 saturated heterocycles. The van der Waals surface area contributed by atoms with Crippen LogP contribution < -0.4 is 0 Å². The van der Waals surface area contributed by atoms with Crippen LogP contribution in [0.15, 0.2) is 12.3 Å². The Balaban J connectivity index is 2.84. The number of alkyl halides is 3. The van der Waals surface area contributed by atoms with Crippen LogP contribution in [0.25, 0.3) is 5.65 Å². The van der Waals surface area contributed by atoms with E-state index in [4.69, 9.17) is 23.2 Å². The molecule has 2 rings (SSSR count). The van der Waals surface area contributed by atoms with Gasteiger partial charge in [0, 0.05) is 6.20 Å². The zero-order chi connectivity index (χ0) is 12.8. The molecular formula is C9H3Cl2F3N2O. The summed E-state index contributed by atoms with van der Waals surface area (Å²) in [5.74, 6) is 0. The van der Waals surface area contributed by atoms with Gasteiger partial charge in [-0.3, -0.25) is 9.20 Å². The van der Waals surface area contributed by atoms with Gasteiger partial charge < -0.3 is 0 Å². The van der Waals surface area contributed by atoms with E-state index in [2.05, 4.69) is 4.98 Å². The van der Waals surface area contributed by atoms with E-state index in [1.807, 2.05) is 0 Å². The van der Waals surface area contributed by atoms with Crippen LogP contribution >= 0.6 is 23.2 Å². The van der Waals surface area contributed by atoms with E-state index in [0.29, 0.717) is 6.29 Å². The summed E-state index contributed by atoms with van der Waals surface area (Å²) >= 11 is 11.3. The molecule has 0 N–H and O–H groups in total. The summed E-state index contributed by atoms with van der Waals surface area (Å²) in [6, 6.07) is 0.731. The third kappa shape index (κ3) is 1.98. The summed E-state index contributed by atoms with van der Waals surface area (Å²) in [7, 11) is 0. The van der Waals surface area contributed by atoms with Gasteiger partial charge in [-0.25, -0.2) is 4.98 Å². The lowest BCUT2D eigenvalue weighted by molar-refractivity contribution is -0.137. The molecule has 0 amide bonds. The van der Waals surface area contributed by atoms with Gasteiger partial charge in [-0.15, -0.1) is 0 Å². The van der Waals surface area contributed by atoms with Crippen LogP contribution in [-0.4, -0.2) is 15.7 Å². The van der Waals surface area contributed by atoms with Gasteiger partial charge in [0.05, 0.1) is 10.6 Å². The Kier molecular flexibility index (Phi) is 2.79. The summed E-state index contributed by atoms with van der Waals surface area (Å²) in [5.41, 5.74) is -1.14. The number of rotatable bonds is 1. The van der Waals surface area contributed by atoms with Gasteiger partial charge in [-0.05, 0) is 6.07 Å². The molecule has 17 heavy (non-hydrogen) atoms. The highest BCUT2D eigenvalue weighted by atomic mass is 35.5. The first-order chi connectivity index (χ1) is 7.84. The van der Waals surface area contributed by atoms with Gasteiger partial charge in [-0.2, -0.15) is 13.2 Å². The first kappa shape index (κ1) is 12.2. The van der Waals surface area contributed by atoms with Gasteiger partial charge in [0.25, 0.3) is 0 Å². The average Bonchev–Trinajstić information content (AvgIpc) is 2.53. The third-order valence-corrected chi connectivity index (χ3v) is 2.66. The molecule has 0 aromatic carbocycles. The second kappa shape index (κ2) is 3.89. The van der Waals surface area contributed by atoms with Gasteiger partial charge in [0.1, 0.15) is 5.69 Å². The summed E-state index contributed by atoms with van der Waals surface area (Å²) in [6.45, 7) is 0. The lowest BCUT2D eigenvalue weighted by Gasteiger charge is -2.08. The Hall–Kier alpha value is -1.27. The van der Waals surface area contributed by atoms with E-state index in [9.17, 15) is 18.0 Å². The quantitative estimate of drug-likeness (QED) is 0.751. The Bertz CT molecular complexity index is 606. The van der Waals surface area contributed by atoms with Crippen molar-refractivity contribution in [2.45, 2.75) is 6.18 Å². The molecule has 0 bridgehead atoms. The van der Waals surface area contributed by atoms with Gasteiger partial charge in [0.2, 0.25) is 0 Å². The molecule has 90 valence electrons. The van der Waals surface area contributed by atoms with E-state index in [-0.39, 0.29) is 21.5 Å².